The SMILES string of the molecule is COC(=O)[C@H]1CC(F)(F)C(NC(=O)OC(C)(C)C)[C@@H]1O. The number of aliphatic hydroxyl groups is 1. The highest BCUT2D eigenvalue weighted by atomic mass is 19.3. The van der Waals surface area contributed by atoms with Gasteiger partial charge in [-0.3, -0.25) is 4.79 Å². The standard InChI is InChI=1S/C12H19F2NO5/c1-11(2,3)20-10(18)15-8-7(16)6(9(17)19-4)5-12(8,13)14/h6-8,16H,5H2,1-4H3,(H,15,18)/t6-,7+,8?/m0/s1. The molecule has 8 heteroatoms. The van der Waals surface area contributed by atoms with Crippen molar-refractivity contribution >= 4 is 12.1 Å². The second kappa shape index (κ2) is 5.51. The number of aliphatic hydroxyl groups excluding tert-OH is 1. The summed E-state index contributed by atoms with van der Waals surface area (Å²) >= 11 is 0. The zero-order chi connectivity index (χ0) is 15.7. The molecule has 1 saturated carbocycles. The molecule has 1 unspecified atom stereocenters. The van der Waals surface area contributed by atoms with Crippen LogP contribution in [0.15, 0.2) is 0 Å². The Morgan fingerprint density at radius 3 is 2.35 bits per heavy atom. The molecule has 0 aromatic rings. The minimum absolute atomic E-state index is 0.856. The number of amides is 1. The molecule has 0 bridgehead atoms. The molecule has 6 nitrogen and oxygen atoms in total. The van der Waals surface area contributed by atoms with Crippen molar-refractivity contribution in [1.29, 1.82) is 0 Å². The molecule has 0 aliphatic heterocycles. The summed E-state index contributed by atoms with van der Waals surface area (Å²) in [7, 11) is 1.04. The Morgan fingerprint density at radius 2 is 1.90 bits per heavy atom. The number of rotatable bonds is 2. The van der Waals surface area contributed by atoms with Gasteiger partial charge in [-0.1, -0.05) is 0 Å². The van der Waals surface area contributed by atoms with Crippen LogP contribution in [0.1, 0.15) is 27.2 Å². The third kappa shape index (κ3) is 3.78. The largest absolute Gasteiger partial charge is 0.469 e. The topological polar surface area (TPSA) is 84.9 Å². The van der Waals surface area contributed by atoms with Crippen molar-refractivity contribution in [2.75, 3.05) is 7.11 Å². The van der Waals surface area contributed by atoms with E-state index in [0.29, 0.717) is 0 Å². The Hall–Kier alpha value is -1.44. The maximum atomic E-state index is 13.8. The van der Waals surface area contributed by atoms with E-state index >= 15 is 0 Å². The number of alkyl carbamates (subject to hydrolysis) is 1. The molecule has 0 spiro atoms. The van der Waals surface area contributed by atoms with E-state index in [1.165, 1.54) is 0 Å². The highest BCUT2D eigenvalue weighted by molar-refractivity contribution is 5.75. The third-order valence-corrected chi connectivity index (χ3v) is 2.88. The first-order valence-corrected chi connectivity index (χ1v) is 6.11. The second-order valence-electron chi connectivity index (χ2n) is 5.71. The van der Waals surface area contributed by atoms with Gasteiger partial charge in [-0.05, 0) is 20.8 Å². The van der Waals surface area contributed by atoms with E-state index in [0.717, 1.165) is 7.11 Å². The van der Waals surface area contributed by atoms with Crippen molar-refractivity contribution in [2.45, 2.75) is 50.9 Å². The minimum Gasteiger partial charge on any atom is -0.469 e. The number of hydrogen-bond acceptors (Lipinski definition) is 5. The number of ether oxygens (including phenoxy) is 2. The van der Waals surface area contributed by atoms with Crippen molar-refractivity contribution in [2.24, 2.45) is 5.92 Å². The van der Waals surface area contributed by atoms with Crippen LogP contribution in [-0.4, -0.2) is 47.9 Å². The van der Waals surface area contributed by atoms with E-state index in [-0.39, 0.29) is 0 Å². The first-order valence-electron chi connectivity index (χ1n) is 6.11. The fourth-order valence-corrected chi connectivity index (χ4v) is 2.02. The van der Waals surface area contributed by atoms with Crippen LogP contribution in [-0.2, 0) is 14.3 Å². The fraction of sp³-hybridized carbons (Fsp3) is 0.833. The van der Waals surface area contributed by atoms with E-state index in [1.807, 2.05) is 5.32 Å². The van der Waals surface area contributed by atoms with Crippen LogP contribution < -0.4 is 5.32 Å². The number of nitrogens with one attached hydrogen (secondary N) is 1. The smallest absolute Gasteiger partial charge is 0.408 e. The van der Waals surface area contributed by atoms with Gasteiger partial charge in [-0.25, -0.2) is 13.6 Å². The predicted molar refractivity (Wildman–Crippen MR) is 64.2 cm³/mol. The summed E-state index contributed by atoms with van der Waals surface area (Å²) in [6.45, 7) is 4.73. The summed E-state index contributed by atoms with van der Waals surface area (Å²) in [4.78, 5) is 22.8. The van der Waals surface area contributed by atoms with E-state index in [2.05, 4.69) is 4.74 Å². The van der Waals surface area contributed by atoms with Gasteiger partial charge in [0.25, 0.3) is 5.92 Å². The molecule has 1 fully saturated rings. The average Bonchev–Trinajstić information content (AvgIpc) is 2.49. The molecule has 0 saturated heterocycles. The van der Waals surface area contributed by atoms with Gasteiger partial charge in [-0.15, -0.1) is 0 Å². The Bertz CT molecular complexity index is 394. The molecular formula is C12H19F2NO5. The number of halogens is 2. The Kier molecular flexibility index (Phi) is 4.58. The number of carbonyl (C=O) groups is 2. The lowest BCUT2D eigenvalue weighted by atomic mass is 10.1. The molecule has 20 heavy (non-hydrogen) atoms. The molecule has 3 atom stereocenters. The normalized spacial score (nSPS) is 28.9. The van der Waals surface area contributed by atoms with Crippen LogP contribution in [0.25, 0.3) is 0 Å². The van der Waals surface area contributed by atoms with Crippen LogP contribution in [0.4, 0.5) is 13.6 Å². The van der Waals surface area contributed by atoms with E-state index in [4.69, 9.17) is 4.74 Å². The van der Waals surface area contributed by atoms with Crippen molar-refractivity contribution in [1.82, 2.24) is 5.32 Å². The Balaban J connectivity index is 2.78. The number of alkyl halides is 2. The van der Waals surface area contributed by atoms with Gasteiger partial charge in [0.1, 0.15) is 11.6 Å². The summed E-state index contributed by atoms with van der Waals surface area (Å²) in [5, 5.41) is 11.7. The molecule has 1 amide bonds. The lowest BCUT2D eigenvalue weighted by molar-refractivity contribution is -0.148. The van der Waals surface area contributed by atoms with Crippen LogP contribution >= 0.6 is 0 Å². The minimum atomic E-state index is -3.42. The van der Waals surface area contributed by atoms with Gasteiger partial charge in [0.2, 0.25) is 0 Å². The fourth-order valence-electron chi connectivity index (χ4n) is 2.02. The maximum absolute atomic E-state index is 13.8. The molecule has 0 heterocycles. The lowest BCUT2D eigenvalue weighted by Gasteiger charge is -2.26. The maximum Gasteiger partial charge on any atom is 0.408 e. The van der Waals surface area contributed by atoms with Crippen LogP contribution in [0, 0.1) is 5.92 Å². The number of hydrogen-bond donors (Lipinski definition) is 2. The molecular weight excluding hydrogens is 276 g/mol. The van der Waals surface area contributed by atoms with Gasteiger partial charge in [0.05, 0.1) is 19.1 Å². The van der Waals surface area contributed by atoms with E-state index in [1.54, 1.807) is 20.8 Å². The number of esters is 1. The molecule has 2 N–H and O–H groups in total. The first kappa shape index (κ1) is 16.6. The molecule has 1 aliphatic rings. The van der Waals surface area contributed by atoms with E-state index < -0.39 is 48.1 Å². The van der Waals surface area contributed by atoms with Gasteiger partial charge in [-0.2, -0.15) is 0 Å². The molecule has 1 aliphatic carbocycles. The number of carbonyl (C=O) groups excluding carboxylic acids is 2. The van der Waals surface area contributed by atoms with Gasteiger partial charge in [0.15, 0.2) is 0 Å². The van der Waals surface area contributed by atoms with Gasteiger partial charge in [0, 0.05) is 6.42 Å². The van der Waals surface area contributed by atoms with Crippen molar-refractivity contribution in [3.8, 4) is 0 Å². The average molecular weight is 295 g/mol. The lowest BCUT2D eigenvalue weighted by Crippen LogP contribution is -2.51. The predicted octanol–water partition coefficient (Wildman–Crippen LogP) is 1.07. The second-order valence-corrected chi connectivity index (χ2v) is 5.71. The molecule has 0 aromatic carbocycles. The van der Waals surface area contributed by atoms with Crippen molar-refractivity contribution in [3.63, 3.8) is 0 Å². The summed E-state index contributed by atoms with van der Waals surface area (Å²) in [5.41, 5.74) is -0.856. The zero-order valence-corrected chi connectivity index (χ0v) is 11.8. The van der Waals surface area contributed by atoms with Crippen LogP contribution in [0.5, 0.6) is 0 Å². The highest BCUT2D eigenvalue weighted by Crippen LogP contribution is 2.40. The van der Waals surface area contributed by atoms with Crippen molar-refractivity contribution in [3.05, 3.63) is 0 Å². The zero-order valence-electron chi connectivity index (χ0n) is 11.8. The summed E-state index contributed by atoms with van der Waals surface area (Å²) < 4.78 is 36.7. The monoisotopic (exact) mass is 295 g/mol. The molecule has 116 valence electrons. The summed E-state index contributed by atoms with van der Waals surface area (Å²) in [6.07, 6.45) is -3.70. The van der Waals surface area contributed by atoms with Crippen molar-refractivity contribution < 1.29 is 33.0 Å². The molecule has 1 rings (SSSR count). The van der Waals surface area contributed by atoms with Gasteiger partial charge >= 0.3 is 12.1 Å². The highest BCUT2D eigenvalue weighted by Gasteiger charge is 2.58. The van der Waals surface area contributed by atoms with Gasteiger partial charge < -0.3 is 19.9 Å². The van der Waals surface area contributed by atoms with E-state index in [9.17, 15) is 23.5 Å². The van der Waals surface area contributed by atoms with Crippen LogP contribution in [0.2, 0.25) is 0 Å². The molecule has 0 radical (unpaired) electrons. The Morgan fingerprint density at radius 1 is 1.35 bits per heavy atom. The van der Waals surface area contributed by atoms with Crippen LogP contribution in [0.3, 0.4) is 0 Å². The molecule has 0 aromatic heterocycles. The number of methoxy groups -OCH3 is 1. The first-order chi connectivity index (χ1) is 8.98. The summed E-state index contributed by atoms with van der Waals surface area (Å²) in [6, 6.07) is -1.89. The third-order valence-electron chi connectivity index (χ3n) is 2.88. The summed E-state index contributed by atoms with van der Waals surface area (Å²) in [5.74, 6) is -5.74. The quantitative estimate of drug-likeness (QED) is 0.744. The Labute approximate surface area is 115 Å².